The van der Waals surface area contributed by atoms with Gasteiger partial charge in [-0.05, 0) is 13.8 Å². The minimum Gasteiger partial charge on any atom is -0.267 e. The van der Waals surface area contributed by atoms with Crippen LogP contribution < -0.4 is 5.32 Å². The minimum absolute atomic E-state index is 0.250. The summed E-state index contributed by atoms with van der Waals surface area (Å²) in [4.78, 5) is 21.5. The molecule has 0 atom stereocenters. The Bertz CT molecular complexity index is 204. The zero-order valence-electron chi connectivity index (χ0n) is 6.68. The summed E-state index contributed by atoms with van der Waals surface area (Å²) in [6.45, 7) is 9.68. The van der Waals surface area contributed by atoms with Crippen LogP contribution in [0.25, 0.3) is 0 Å². The molecule has 0 unspecified atom stereocenters. The summed E-state index contributed by atoms with van der Waals surface area (Å²) in [5, 5.41) is 3.20. The Morgan fingerprint density at radius 2 is 1.27 bits per heavy atom. The van der Waals surface area contributed by atoms with E-state index in [1.165, 1.54) is 13.8 Å². The second kappa shape index (κ2) is 3.71. The molecule has 3 heteroatoms. The highest BCUT2D eigenvalue weighted by Gasteiger charge is 2.10. The van der Waals surface area contributed by atoms with E-state index in [1.54, 1.807) is 0 Å². The Balaban J connectivity index is 4.07. The van der Waals surface area contributed by atoms with Crippen molar-refractivity contribution < 1.29 is 9.59 Å². The van der Waals surface area contributed by atoms with Crippen molar-refractivity contribution in [1.29, 1.82) is 0 Å². The summed E-state index contributed by atoms with van der Waals surface area (Å²) in [6, 6.07) is 0. The lowest BCUT2D eigenvalue weighted by Crippen LogP contribution is -2.23. The van der Waals surface area contributed by atoms with Crippen LogP contribution in [-0.2, 0) is 9.59 Å². The van der Waals surface area contributed by atoms with Crippen LogP contribution in [0.4, 0.5) is 0 Å². The van der Waals surface area contributed by atoms with Gasteiger partial charge < -0.3 is 0 Å². The third-order valence-electron chi connectivity index (χ3n) is 0.933. The number of rotatable bonds is 2. The molecule has 0 aliphatic carbocycles. The molecule has 0 aliphatic heterocycles. The van der Waals surface area contributed by atoms with Gasteiger partial charge in [-0.3, -0.25) is 9.59 Å². The van der Waals surface area contributed by atoms with Crippen LogP contribution in [-0.4, -0.2) is 11.8 Å². The Kier molecular flexibility index (Phi) is 3.24. The van der Waals surface area contributed by atoms with Crippen LogP contribution in [0.2, 0.25) is 0 Å². The molecule has 2 amide bonds. The number of nitrogens with zero attached hydrogens (tertiary/aromatic N) is 1. The first kappa shape index (κ1) is 9.62. The second-order valence-electron chi connectivity index (χ2n) is 2.28. The summed E-state index contributed by atoms with van der Waals surface area (Å²) >= 11 is 0. The van der Waals surface area contributed by atoms with Gasteiger partial charge in [0.15, 0.2) is 0 Å². The van der Waals surface area contributed by atoms with E-state index >= 15 is 0 Å². The molecule has 59 valence electrons. The molecule has 0 aromatic carbocycles. The van der Waals surface area contributed by atoms with Gasteiger partial charge in [0.2, 0.25) is 0 Å². The molecule has 0 N–H and O–H groups in total. The Labute approximate surface area is 65.8 Å². The van der Waals surface area contributed by atoms with Crippen LogP contribution >= 0.6 is 0 Å². The fraction of sp³-hybridized carbons (Fsp3) is 0.250. The molecule has 0 aromatic heterocycles. The third-order valence-corrected chi connectivity index (χ3v) is 0.933. The van der Waals surface area contributed by atoms with Crippen molar-refractivity contribution in [3.8, 4) is 0 Å². The van der Waals surface area contributed by atoms with Crippen LogP contribution in [0, 0.1) is 0 Å². The number of imide groups is 1. The van der Waals surface area contributed by atoms with Gasteiger partial charge >= 0.3 is 0 Å². The van der Waals surface area contributed by atoms with E-state index in [9.17, 15) is 9.59 Å². The van der Waals surface area contributed by atoms with E-state index in [4.69, 9.17) is 0 Å². The van der Waals surface area contributed by atoms with Crippen molar-refractivity contribution in [2.45, 2.75) is 13.8 Å². The van der Waals surface area contributed by atoms with E-state index < -0.39 is 11.8 Å². The van der Waals surface area contributed by atoms with Crippen LogP contribution in [0.1, 0.15) is 13.8 Å². The number of carbonyl (C=O) groups excluding carboxylic acids is 2. The first-order valence-corrected chi connectivity index (χ1v) is 3.06. The molecule has 0 heterocycles. The Hall–Kier alpha value is -1.38. The van der Waals surface area contributed by atoms with Gasteiger partial charge in [0.1, 0.15) is 0 Å². The molecule has 0 fully saturated rings. The SMILES string of the molecule is C=C(C)C(=O)[N]C(=O)C(=C)C. The molecule has 0 bridgehead atoms. The van der Waals surface area contributed by atoms with E-state index in [-0.39, 0.29) is 11.1 Å². The standard InChI is InChI=1S/C8H10NO2/c1-5(2)7(10)9-8(11)6(3)4/h1,3H2,2,4H3. The first-order valence-electron chi connectivity index (χ1n) is 3.06. The summed E-state index contributed by atoms with van der Waals surface area (Å²) < 4.78 is 0. The van der Waals surface area contributed by atoms with E-state index in [2.05, 4.69) is 18.5 Å². The Morgan fingerprint density at radius 1 is 1.00 bits per heavy atom. The van der Waals surface area contributed by atoms with Crippen LogP contribution in [0.3, 0.4) is 0 Å². The molecule has 0 rings (SSSR count). The molecular weight excluding hydrogens is 142 g/mol. The monoisotopic (exact) mass is 152 g/mol. The fourth-order valence-electron chi connectivity index (χ4n) is 0.283. The predicted molar refractivity (Wildman–Crippen MR) is 41.8 cm³/mol. The zero-order chi connectivity index (χ0) is 9.02. The number of hydrogen-bond acceptors (Lipinski definition) is 2. The van der Waals surface area contributed by atoms with E-state index in [1.807, 2.05) is 0 Å². The average Bonchev–Trinajstić information content (AvgIpc) is 1.87. The third kappa shape index (κ3) is 3.35. The number of amides is 2. The van der Waals surface area contributed by atoms with Crippen molar-refractivity contribution in [2.24, 2.45) is 0 Å². The summed E-state index contributed by atoms with van der Waals surface area (Å²) in [5.74, 6) is -1.17. The quantitative estimate of drug-likeness (QED) is 0.549. The highest BCUT2D eigenvalue weighted by molar-refractivity contribution is 6.08. The van der Waals surface area contributed by atoms with Gasteiger partial charge in [0, 0.05) is 11.1 Å². The van der Waals surface area contributed by atoms with Crippen molar-refractivity contribution >= 4 is 11.8 Å². The van der Waals surface area contributed by atoms with Gasteiger partial charge in [-0.2, -0.15) is 5.32 Å². The van der Waals surface area contributed by atoms with Gasteiger partial charge in [-0.25, -0.2) is 0 Å². The summed E-state index contributed by atoms with van der Waals surface area (Å²) in [5.41, 5.74) is 0.499. The maximum absolute atomic E-state index is 10.7. The lowest BCUT2D eigenvalue weighted by molar-refractivity contribution is -0.126. The van der Waals surface area contributed by atoms with Crippen molar-refractivity contribution in [3.63, 3.8) is 0 Å². The van der Waals surface area contributed by atoms with Crippen molar-refractivity contribution in [3.05, 3.63) is 24.3 Å². The smallest absolute Gasteiger partial charge is 0.267 e. The maximum atomic E-state index is 10.7. The molecular formula is C8H10NO2. The molecule has 11 heavy (non-hydrogen) atoms. The van der Waals surface area contributed by atoms with Gasteiger partial charge in [-0.15, -0.1) is 0 Å². The summed E-state index contributed by atoms with van der Waals surface area (Å²) in [7, 11) is 0. The number of carbonyl (C=O) groups is 2. The molecule has 3 nitrogen and oxygen atoms in total. The van der Waals surface area contributed by atoms with Gasteiger partial charge in [0.05, 0.1) is 0 Å². The molecule has 0 saturated heterocycles. The summed E-state index contributed by atoms with van der Waals surface area (Å²) in [6.07, 6.45) is 0. The highest BCUT2D eigenvalue weighted by atomic mass is 16.2. The molecule has 0 spiro atoms. The minimum atomic E-state index is -0.585. The fourth-order valence-corrected chi connectivity index (χ4v) is 0.283. The lowest BCUT2D eigenvalue weighted by atomic mass is 10.3. The first-order chi connectivity index (χ1) is 4.95. The predicted octanol–water partition coefficient (Wildman–Crippen LogP) is 0.796. The van der Waals surface area contributed by atoms with Crippen LogP contribution in [0.5, 0.6) is 0 Å². The van der Waals surface area contributed by atoms with Crippen molar-refractivity contribution in [2.75, 3.05) is 0 Å². The zero-order valence-corrected chi connectivity index (χ0v) is 6.68. The average molecular weight is 152 g/mol. The van der Waals surface area contributed by atoms with Crippen LogP contribution in [0.15, 0.2) is 24.3 Å². The lowest BCUT2D eigenvalue weighted by Gasteiger charge is -1.97. The maximum Gasteiger partial charge on any atom is 0.275 e. The number of hydrogen-bond donors (Lipinski definition) is 0. The van der Waals surface area contributed by atoms with Gasteiger partial charge in [-0.1, -0.05) is 13.2 Å². The highest BCUT2D eigenvalue weighted by Crippen LogP contribution is 1.92. The molecule has 0 saturated carbocycles. The van der Waals surface area contributed by atoms with Crippen molar-refractivity contribution in [1.82, 2.24) is 5.32 Å². The molecule has 0 aliphatic rings. The van der Waals surface area contributed by atoms with E-state index in [0.717, 1.165) is 0 Å². The molecule has 0 aromatic rings. The largest absolute Gasteiger partial charge is 0.275 e. The normalized spacial score (nSPS) is 8.55. The van der Waals surface area contributed by atoms with E-state index in [0.29, 0.717) is 0 Å². The molecule has 1 radical (unpaired) electrons. The topological polar surface area (TPSA) is 48.2 Å². The Morgan fingerprint density at radius 3 is 1.45 bits per heavy atom. The van der Waals surface area contributed by atoms with Gasteiger partial charge in [0.25, 0.3) is 11.8 Å². The second-order valence-corrected chi connectivity index (χ2v) is 2.28.